The van der Waals surface area contributed by atoms with Gasteiger partial charge in [-0.25, -0.2) is 8.78 Å². The standard InChI is InChI=1S/C33H31F5N2O/c1-39(2)31(22-7-5-8-24(34)19-22)13-15-32(16-14-31)28-18-21-6-3-4-9-25(21)26(28)12-17-40(32)30(41)27-20-23(33(36,37)38)10-11-29(27)35/h3-11,19-20H,12-18H2,1-2H3. The summed E-state index contributed by atoms with van der Waals surface area (Å²) < 4.78 is 70.0. The van der Waals surface area contributed by atoms with Crippen LogP contribution in [0.15, 0.2) is 72.3 Å². The molecule has 214 valence electrons. The highest BCUT2D eigenvalue weighted by atomic mass is 19.4. The molecule has 1 saturated carbocycles. The monoisotopic (exact) mass is 566 g/mol. The first-order valence-corrected chi connectivity index (χ1v) is 13.9. The zero-order valence-electron chi connectivity index (χ0n) is 23.0. The number of amides is 1. The second-order valence-corrected chi connectivity index (χ2v) is 11.7. The van der Waals surface area contributed by atoms with Crippen LogP contribution in [0.5, 0.6) is 0 Å². The highest BCUT2D eigenvalue weighted by Gasteiger charge is 2.54. The second-order valence-electron chi connectivity index (χ2n) is 11.7. The molecule has 3 nitrogen and oxygen atoms in total. The maximum Gasteiger partial charge on any atom is 0.416 e. The minimum absolute atomic E-state index is 0.274. The maximum absolute atomic E-state index is 15.0. The first kappa shape index (κ1) is 27.6. The molecule has 1 spiro atoms. The van der Waals surface area contributed by atoms with E-state index in [1.54, 1.807) is 17.0 Å². The van der Waals surface area contributed by atoms with Crippen LogP contribution in [0.2, 0.25) is 0 Å². The van der Waals surface area contributed by atoms with E-state index in [2.05, 4.69) is 17.0 Å². The number of alkyl halides is 3. The van der Waals surface area contributed by atoms with Crippen LogP contribution in [-0.2, 0) is 18.1 Å². The maximum atomic E-state index is 15.0. The molecule has 1 aliphatic heterocycles. The number of nitrogens with zero attached hydrogens (tertiary/aromatic N) is 2. The van der Waals surface area contributed by atoms with E-state index in [1.165, 1.54) is 11.6 Å². The van der Waals surface area contributed by atoms with Crippen molar-refractivity contribution in [2.45, 2.75) is 55.8 Å². The van der Waals surface area contributed by atoms with Gasteiger partial charge in [0.05, 0.1) is 16.7 Å². The third kappa shape index (κ3) is 4.38. The van der Waals surface area contributed by atoms with Crippen molar-refractivity contribution in [1.29, 1.82) is 0 Å². The van der Waals surface area contributed by atoms with Crippen LogP contribution in [0.1, 0.15) is 64.7 Å². The lowest BCUT2D eigenvalue weighted by atomic mass is 9.63. The fourth-order valence-corrected chi connectivity index (χ4v) is 7.49. The lowest BCUT2D eigenvalue weighted by Gasteiger charge is -2.56. The number of carbonyl (C=O) groups is 1. The minimum atomic E-state index is -4.70. The molecule has 1 fully saturated rings. The van der Waals surface area contributed by atoms with Crippen LogP contribution < -0.4 is 0 Å². The van der Waals surface area contributed by atoms with Crippen LogP contribution in [0.3, 0.4) is 0 Å². The van der Waals surface area contributed by atoms with Crippen molar-refractivity contribution in [3.63, 3.8) is 0 Å². The molecule has 0 saturated heterocycles. The van der Waals surface area contributed by atoms with Crippen molar-refractivity contribution >= 4 is 11.5 Å². The minimum Gasteiger partial charge on any atom is -0.329 e. The molecule has 2 aliphatic carbocycles. The molecule has 0 bridgehead atoms. The van der Waals surface area contributed by atoms with Gasteiger partial charge in [0.15, 0.2) is 0 Å². The fraction of sp³-hybridized carbons (Fsp3) is 0.364. The van der Waals surface area contributed by atoms with Gasteiger partial charge in [-0.2, -0.15) is 13.2 Å². The fourth-order valence-electron chi connectivity index (χ4n) is 7.49. The zero-order chi connectivity index (χ0) is 29.2. The molecule has 0 unspecified atom stereocenters. The number of hydrogen-bond acceptors (Lipinski definition) is 2. The van der Waals surface area contributed by atoms with E-state index >= 15 is 4.39 Å². The van der Waals surface area contributed by atoms with Crippen LogP contribution in [0.25, 0.3) is 5.57 Å². The average Bonchev–Trinajstić information content (AvgIpc) is 3.33. The molecule has 41 heavy (non-hydrogen) atoms. The summed E-state index contributed by atoms with van der Waals surface area (Å²) in [7, 11) is 3.92. The molecule has 0 N–H and O–H groups in total. The third-order valence-electron chi connectivity index (χ3n) is 9.63. The van der Waals surface area contributed by atoms with Crippen molar-refractivity contribution in [2.24, 2.45) is 0 Å². The molecular weight excluding hydrogens is 535 g/mol. The summed E-state index contributed by atoms with van der Waals surface area (Å²) >= 11 is 0. The van der Waals surface area contributed by atoms with Gasteiger partial charge in [0.2, 0.25) is 0 Å². The topological polar surface area (TPSA) is 23.6 Å². The van der Waals surface area contributed by atoms with Crippen LogP contribution >= 0.6 is 0 Å². The highest BCUT2D eigenvalue weighted by molar-refractivity contribution is 5.97. The number of hydrogen-bond donors (Lipinski definition) is 0. The van der Waals surface area contributed by atoms with Crippen molar-refractivity contribution < 1.29 is 26.7 Å². The molecule has 3 aromatic rings. The third-order valence-corrected chi connectivity index (χ3v) is 9.63. The molecular formula is C33H31F5N2O. The van der Waals surface area contributed by atoms with Gasteiger partial charge in [-0.15, -0.1) is 0 Å². The van der Waals surface area contributed by atoms with Crippen LogP contribution in [0.4, 0.5) is 22.0 Å². The number of rotatable bonds is 3. The Balaban J connectivity index is 1.45. The molecule has 0 atom stereocenters. The van der Waals surface area contributed by atoms with E-state index in [-0.39, 0.29) is 12.4 Å². The van der Waals surface area contributed by atoms with E-state index in [1.807, 2.05) is 32.3 Å². The van der Waals surface area contributed by atoms with Crippen molar-refractivity contribution in [2.75, 3.05) is 20.6 Å². The molecule has 3 aromatic carbocycles. The smallest absolute Gasteiger partial charge is 0.329 e. The molecule has 1 heterocycles. The Kier molecular flexibility index (Phi) is 6.60. The number of benzene rings is 3. The van der Waals surface area contributed by atoms with Crippen molar-refractivity contribution in [3.05, 3.63) is 112 Å². The second kappa shape index (κ2) is 9.79. The van der Waals surface area contributed by atoms with E-state index in [0.717, 1.165) is 28.3 Å². The van der Waals surface area contributed by atoms with Gasteiger partial charge in [-0.1, -0.05) is 36.4 Å². The molecule has 6 rings (SSSR count). The van der Waals surface area contributed by atoms with Crippen molar-refractivity contribution in [1.82, 2.24) is 9.80 Å². The SMILES string of the molecule is CN(C)C1(c2cccc(F)c2)CCC2(CC1)C1=C(CCN2C(=O)c2cc(C(F)(F)F)ccc2F)c2ccccc2C1. The van der Waals surface area contributed by atoms with Gasteiger partial charge in [-0.3, -0.25) is 9.69 Å². The van der Waals surface area contributed by atoms with E-state index in [0.29, 0.717) is 50.7 Å². The van der Waals surface area contributed by atoms with E-state index < -0.39 is 40.1 Å². The normalized spacial score (nSPS) is 24.1. The lowest BCUT2D eigenvalue weighted by molar-refractivity contribution is -0.137. The van der Waals surface area contributed by atoms with Crippen LogP contribution in [0, 0.1) is 11.6 Å². The number of halogens is 5. The Morgan fingerprint density at radius 2 is 1.63 bits per heavy atom. The summed E-state index contributed by atoms with van der Waals surface area (Å²) in [6.45, 7) is 0.274. The Hall–Kier alpha value is -3.52. The quantitative estimate of drug-likeness (QED) is 0.305. The van der Waals surface area contributed by atoms with Gasteiger partial charge in [-0.05, 0) is 111 Å². The van der Waals surface area contributed by atoms with E-state index in [9.17, 15) is 22.4 Å². The molecule has 0 aromatic heterocycles. The summed E-state index contributed by atoms with van der Waals surface area (Å²) in [6, 6.07) is 16.7. The molecule has 8 heteroatoms. The average molecular weight is 567 g/mol. The molecule has 0 radical (unpaired) electrons. The van der Waals surface area contributed by atoms with Crippen molar-refractivity contribution in [3.8, 4) is 0 Å². The Labute approximate surface area is 236 Å². The van der Waals surface area contributed by atoms with Gasteiger partial charge in [0, 0.05) is 12.1 Å². The Morgan fingerprint density at radius 1 is 0.902 bits per heavy atom. The number of fused-ring (bicyclic) bond motifs is 3. The van der Waals surface area contributed by atoms with Crippen LogP contribution in [-0.4, -0.2) is 41.9 Å². The predicted octanol–water partition coefficient (Wildman–Crippen LogP) is 7.61. The summed E-state index contributed by atoms with van der Waals surface area (Å²) in [4.78, 5) is 17.8. The largest absolute Gasteiger partial charge is 0.416 e. The Morgan fingerprint density at radius 3 is 2.32 bits per heavy atom. The van der Waals surface area contributed by atoms with Gasteiger partial charge >= 0.3 is 6.18 Å². The zero-order valence-corrected chi connectivity index (χ0v) is 23.0. The summed E-state index contributed by atoms with van der Waals surface area (Å²) in [5, 5.41) is 0. The number of carbonyl (C=O) groups excluding carboxylic acids is 1. The first-order chi connectivity index (χ1) is 19.5. The van der Waals surface area contributed by atoms with Gasteiger partial charge in [0.25, 0.3) is 5.91 Å². The summed E-state index contributed by atoms with van der Waals surface area (Å²) in [5.74, 6) is -2.01. The first-order valence-electron chi connectivity index (χ1n) is 13.9. The Bertz CT molecular complexity index is 1550. The van der Waals surface area contributed by atoms with Gasteiger partial charge in [0.1, 0.15) is 11.6 Å². The molecule has 1 amide bonds. The predicted molar refractivity (Wildman–Crippen MR) is 147 cm³/mol. The van der Waals surface area contributed by atoms with E-state index in [4.69, 9.17) is 0 Å². The highest BCUT2D eigenvalue weighted by Crippen LogP contribution is 2.55. The molecule has 3 aliphatic rings. The van der Waals surface area contributed by atoms with Gasteiger partial charge < -0.3 is 4.90 Å². The summed E-state index contributed by atoms with van der Waals surface area (Å²) in [6.07, 6.45) is -1.32. The summed E-state index contributed by atoms with van der Waals surface area (Å²) in [5.41, 5.74) is 2.52. The lowest BCUT2D eigenvalue weighted by Crippen LogP contribution is -2.60.